The highest BCUT2D eigenvalue weighted by Gasteiger charge is 2.22. The Kier molecular flexibility index (Phi) is 6.23. The smallest absolute Gasteiger partial charge is 0.263 e. The molecule has 0 unspecified atom stereocenters. The largest absolute Gasteiger partial charge is 0.481 e. The topological polar surface area (TPSA) is 68.5 Å². The lowest BCUT2D eigenvalue weighted by Crippen LogP contribution is -2.37. The Hall–Kier alpha value is -2.86. The lowest BCUT2D eigenvalue weighted by molar-refractivity contribution is -0.137. The van der Waals surface area contributed by atoms with Gasteiger partial charge >= 0.3 is 0 Å². The van der Waals surface area contributed by atoms with Gasteiger partial charge in [-0.25, -0.2) is 0 Å². The van der Waals surface area contributed by atoms with Crippen molar-refractivity contribution in [1.82, 2.24) is 15.0 Å². The fraction of sp³-hybridized carbons (Fsp3) is 0.318. The zero-order valence-electron chi connectivity index (χ0n) is 17.2. The van der Waals surface area contributed by atoms with Crippen LogP contribution in [-0.4, -0.2) is 34.1 Å². The molecular weight excluding hydrogens is 390 g/mol. The average Bonchev–Trinajstić information content (AvgIpc) is 3.14. The van der Waals surface area contributed by atoms with Gasteiger partial charge in [0.05, 0.1) is 6.54 Å². The Labute approximate surface area is 175 Å². The van der Waals surface area contributed by atoms with Crippen molar-refractivity contribution < 1.29 is 14.1 Å². The van der Waals surface area contributed by atoms with Gasteiger partial charge in [0.1, 0.15) is 5.75 Å². The van der Waals surface area contributed by atoms with E-state index in [2.05, 4.69) is 16.2 Å². The molecular formula is C22H24ClN3O3. The van der Waals surface area contributed by atoms with Crippen LogP contribution in [0.25, 0.3) is 11.4 Å². The molecule has 0 bridgehead atoms. The summed E-state index contributed by atoms with van der Waals surface area (Å²) in [5.74, 6) is 1.35. The van der Waals surface area contributed by atoms with E-state index in [0.29, 0.717) is 16.7 Å². The first kappa shape index (κ1) is 20.9. The molecule has 1 atom stereocenters. The normalized spacial score (nSPS) is 11.9. The fourth-order valence-electron chi connectivity index (χ4n) is 2.99. The summed E-state index contributed by atoms with van der Waals surface area (Å²) in [4.78, 5) is 18.6. The maximum atomic E-state index is 12.7. The summed E-state index contributed by atoms with van der Waals surface area (Å²) in [7, 11) is 1.68. The van der Waals surface area contributed by atoms with Crippen LogP contribution >= 0.6 is 11.6 Å². The van der Waals surface area contributed by atoms with E-state index in [0.717, 1.165) is 28.0 Å². The summed E-state index contributed by atoms with van der Waals surface area (Å²) in [6.07, 6.45) is -0.640. The number of likely N-dealkylation sites (N-methyl/N-ethyl adjacent to an activating group) is 1. The average molecular weight is 414 g/mol. The Bertz CT molecular complexity index is 1010. The minimum atomic E-state index is -0.640. The first-order valence-electron chi connectivity index (χ1n) is 9.32. The van der Waals surface area contributed by atoms with E-state index in [1.54, 1.807) is 26.1 Å². The van der Waals surface area contributed by atoms with Crippen molar-refractivity contribution in [1.29, 1.82) is 0 Å². The predicted octanol–water partition coefficient (Wildman–Crippen LogP) is 4.74. The number of hydrogen-bond acceptors (Lipinski definition) is 5. The molecule has 0 radical (unpaired) electrons. The monoisotopic (exact) mass is 413 g/mol. The summed E-state index contributed by atoms with van der Waals surface area (Å²) in [6, 6.07) is 11.2. The lowest BCUT2D eigenvalue weighted by Gasteiger charge is -2.22. The van der Waals surface area contributed by atoms with Gasteiger partial charge in [0, 0.05) is 17.6 Å². The SMILES string of the molecule is Cc1cc(C)c(C)c(O[C@H](C)C(=O)N(C)Cc2nc(-c3ccc(Cl)cc3)no2)c1. The highest BCUT2D eigenvalue weighted by molar-refractivity contribution is 6.30. The second-order valence-corrected chi connectivity index (χ2v) is 7.61. The van der Waals surface area contributed by atoms with Crippen LogP contribution in [0.2, 0.25) is 5.02 Å². The third kappa shape index (κ3) is 4.95. The molecule has 0 saturated heterocycles. The minimum absolute atomic E-state index is 0.171. The number of halogens is 1. The molecule has 0 aliphatic heterocycles. The first-order chi connectivity index (χ1) is 13.7. The lowest BCUT2D eigenvalue weighted by atomic mass is 10.1. The Balaban J connectivity index is 1.65. The fourth-order valence-corrected chi connectivity index (χ4v) is 3.12. The van der Waals surface area contributed by atoms with Gasteiger partial charge in [-0.1, -0.05) is 22.8 Å². The summed E-state index contributed by atoms with van der Waals surface area (Å²) in [5.41, 5.74) is 4.05. The minimum Gasteiger partial charge on any atom is -0.481 e. The van der Waals surface area contributed by atoms with Gasteiger partial charge in [0.25, 0.3) is 5.91 Å². The maximum absolute atomic E-state index is 12.7. The highest BCUT2D eigenvalue weighted by Crippen LogP contribution is 2.25. The molecule has 152 valence electrons. The summed E-state index contributed by atoms with van der Waals surface area (Å²) < 4.78 is 11.2. The molecule has 1 aromatic heterocycles. The van der Waals surface area contributed by atoms with Crippen LogP contribution in [0.3, 0.4) is 0 Å². The predicted molar refractivity (Wildman–Crippen MR) is 112 cm³/mol. The number of aryl methyl sites for hydroxylation is 2. The first-order valence-corrected chi connectivity index (χ1v) is 9.70. The quantitative estimate of drug-likeness (QED) is 0.583. The summed E-state index contributed by atoms with van der Waals surface area (Å²) >= 11 is 5.90. The number of amides is 1. The van der Waals surface area contributed by atoms with E-state index in [1.807, 2.05) is 39.0 Å². The third-order valence-corrected chi connectivity index (χ3v) is 4.99. The molecule has 0 saturated carbocycles. The zero-order valence-corrected chi connectivity index (χ0v) is 17.9. The molecule has 3 aromatic rings. The highest BCUT2D eigenvalue weighted by atomic mass is 35.5. The number of nitrogens with zero attached hydrogens (tertiary/aromatic N) is 3. The molecule has 0 aliphatic carbocycles. The third-order valence-electron chi connectivity index (χ3n) is 4.73. The Morgan fingerprint density at radius 3 is 2.59 bits per heavy atom. The van der Waals surface area contributed by atoms with Crippen molar-refractivity contribution in [3.8, 4) is 17.1 Å². The molecule has 6 nitrogen and oxygen atoms in total. The van der Waals surface area contributed by atoms with E-state index < -0.39 is 6.10 Å². The van der Waals surface area contributed by atoms with Crippen molar-refractivity contribution in [2.45, 2.75) is 40.3 Å². The number of rotatable bonds is 6. The van der Waals surface area contributed by atoms with Gasteiger partial charge in [-0.3, -0.25) is 4.79 Å². The van der Waals surface area contributed by atoms with E-state index in [9.17, 15) is 4.79 Å². The molecule has 7 heteroatoms. The van der Waals surface area contributed by atoms with Crippen molar-refractivity contribution >= 4 is 17.5 Å². The van der Waals surface area contributed by atoms with E-state index in [4.69, 9.17) is 20.9 Å². The van der Waals surface area contributed by atoms with E-state index in [-0.39, 0.29) is 12.5 Å². The Morgan fingerprint density at radius 2 is 1.90 bits per heavy atom. The molecule has 3 rings (SSSR count). The Morgan fingerprint density at radius 1 is 1.21 bits per heavy atom. The van der Waals surface area contributed by atoms with Crippen LogP contribution in [0.15, 0.2) is 40.9 Å². The number of carbonyl (C=O) groups is 1. The number of aromatic nitrogens is 2. The second kappa shape index (κ2) is 8.66. The van der Waals surface area contributed by atoms with Crippen LogP contribution in [-0.2, 0) is 11.3 Å². The number of benzene rings is 2. The van der Waals surface area contributed by atoms with Gasteiger partial charge in [0.15, 0.2) is 6.10 Å². The van der Waals surface area contributed by atoms with Gasteiger partial charge in [-0.15, -0.1) is 0 Å². The molecule has 1 heterocycles. The molecule has 0 fully saturated rings. The van der Waals surface area contributed by atoms with Gasteiger partial charge < -0.3 is 14.2 Å². The zero-order chi connectivity index (χ0) is 21.1. The van der Waals surface area contributed by atoms with Crippen LogP contribution in [0, 0.1) is 20.8 Å². The summed E-state index contributed by atoms with van der Waals surface area (Å²) in [6.45, 7) is 7.96. The molecule has 0 aliphatic rings. The maximum Gasteiger partial charge on any atom is 0.263 e. The van der Waals surface area contributed by atoms with Crippen molar-refractivity contribution in [3.63, 3.8) is 0 Å². The number of carbonyl (C=O) groups excluding carboxylic acids is 1. The van der Waals surface area contributed by atoms with Crippen LogP contribution < -0.4 is 4.74 Å². The van der Waals surface area contributed by atoms with Crippen LogP contribution in [0.1, 0.15) is 29.5 Å². The molecule has 0 N–H and O–H groups in total. The van der Waals surface area contributed by atoms with E-state index in [1.165, 1.54) is 4.90 Å². The van der Waals surface area contributed by atoms with Gasteiger partial charge in [-0.05, 0) is 74.7 Å². The van der Waals surface area contributed by atoms with Gasteiger partial charge in [0.2, 0.25) is 11.7 Å². The summed E-state index contributed by atoms with van der Waals surface area (Å²) in [5, 5.41) is 4.61. The molecule has 1 amide bonds. The number of hydrogen-bond donors (Lipinski definition) is 0. The van der Waals surface area contributed by atoms with Crippen LogP contribution in [0.5, 0.6) is 5.75 Å². The van der Waals surface area contributed by atoms with Crippen LogP contribution in [0.4, 0.5) is 0 Å². The van der Waals surface area contributed by atoms with Gasteiger partial charge in [-0.2, -0.15) is 4.98 Å². The van der Waals surface area contributed by atoms with Crippen molar-refractivity contribution in [2.24, 2.45) is 0 Å². The van der Waals surface area contributed by atoms with Crippen molar-refractivity contribution in [3.05, 3.63) is 64.0 Å². The molecule has 2 aromatic carbocycles. The second-order valence-electron chi connectivity index (χ2n) is 7.18. The van der Waals surface area contributed by atoms with Crippen molar-refractivity contribution in [2.75, 3.05) is 7.05 Å². The molecule has 0 spiro atoms. The number of ether oxygens (including phenoxy) is 1. The van der Waals surface area contributed by atoms with E-state index >= 15 is 0 Å². The standard InChI is InChI=1S/C22H24ClN3O3/c1-13-10-14(2)15(3)19(11-13)28-16(4)22(27)26(5)12-20-24-21(25-29-20)17-6-8-18(23)9-7-17/h6-11,16H,12H2,1-5H3/t16-/m1/s1. The molecule has 29 heavy (non-hydrogen) atoms.